The molecule has 0 spiro atoms. The number of likely N-dealkylation sites (N-methyl/N-ethyl adjacent to an activating group) is 1. The molecule has 1 saturated heterocycles. The molecule has 1 aliphatic rings. The molecule has 8 nitrogen and oxygen atoms in total. The zero-order valence-electron chi connectivity index (χ0n) is 16.3. The van der Waals surface area contributed by atoms with Gasteiger partial charge in [0.05, 0.1) is 14.7 Å². The molecule has 2 aromatic carbocycles. The number of amides is 1. The predicted molar refractivity (Wildman–Crippen MR) is 116 cm³/mol. The second kappa shape index (κ2) is 8.80. The maximum Gasteiger partial charge on any atom is 0.284 e. The molecule has 0 bridgehead atoms. The van der Waals surface area contributed by atoms with Crippen molar-refractivity contribution in [1.82, 2.24) is 4.90 Å². The van der Waals surface area contributed by atoms with Gasteiger partial charge < -0.3 is 0 Å². The minimum absolute atomic E-state index is 0.0485. The molecule has 156 valence electrons. The third-order valence-corrected chi connectivity index (χ3v) is 6.81. The number of sulfonamides is 1. The molecule has 2 aromatic rings. The Kier molecular flexibility index (Phi) is 6.37. The Hall–Kier alpha value is -2.98. The van der Waals surface area contributed by atoms with Crippen LogP contribution in [-0.4, -0.2) is 35.9 Å². The third kappa shape index (κ3) is 4.60. The number of hydrogen-bond acceptors (Lipinski definition) is 6. The third-order valence-electron chi connectivity index (χ3n) is 4.41. The lowest BCUT2D eigenvalue weighted by Crippen LogP contribution is -2.29. The molecule has 0 aromatic heterocycles. The molecule has 0 radical (unpaired) electrons. The lowest BCUT2D eigenvalue weighted by atomic mass is 10.2. The highest BCUT2D eigenvalue weighted by Gasteiger charge is 2.34. The summed E-state index contributed by atoms with van der Waals surface area (Å²) in [5.41, 5.74) is 1.37. The Morgan fingerprint density at radius 2 is 1.87 bits per heavy atom. The van der Waals surface area contributed by atoms with Crippen LogP contribution in [0.3, 0.4) is 0 Å². The normalized spacial score (nSPS) is 17.1. The van der Waals surface area contributed by atoms with E-state index in [9.17, 15) is 23.3 Å². The Bertz CT molecular complexity index is 1160. The quantitative estimate of drug-likeness (QED) is 0.380. The number of benzene rings is 2. The van der Waals surface area contributed by atoms with Crippen LogP contribution in [-0.2, 0) is 21.2 Å². The number of carbonyl (C=O) groups excluding carboxylic acids is 1. The van der Waals surface area contributed by atoms with Crippen molar-refractivity contribution in [3.63, 3.8) is 0 Å². The average Bonchev–Trinajstić information content (AvgIpc) is 3.01. The summed E-state index contributed by atoms with van der Waals surface area (Å²) in [6.45, 7) is 3.92. The first-order valence-corrected chi connectivity index (χ1v) is 11.4. The number of non-ortho nitro benzene ring substituents is 1. The topological polar surface area (TPSA) is 110 Å². The van der Waals surface area contributed by atoms with E-state index in [-0.39, 0.29) is 27.2 Å². The van der Waals surface area contributed by atoms with E-state index >= 15 is 0 Å². The van der Waals surface area contributed by atoms with Crippen molar-refractivity contribution >= 4 is 44.6 Å². The molecule has 1 heterocycles. The Morgan fingerprint density at radius 3 is 2.47 bits per heavy atom. The highest BCUT2D eigenvalue weighted by atomic mass is 32.2. The lowest BCUT2D eigenvalue weighted by Gasteiger charge is -2.12. The number of rotatable bonds is 6. The van der Waals surface area contributed by atoms with Gasteiger partial charge in [-0.3, -0.25) is 19.8 Å². The zero-order chi connectivity index (χ0) is 21.9. The molecule has 1 fully saturated rings. The minimum atomic E-state index is -3.99. The van der Waals surface area contributed by atoms with Gasteiger partial charge in [0.15, 0.2) is 5.17 Å². The molecule has 0 aliphatic carbocycles. The van der Waals surface area contributed by atoms with Crippen molar-refractivity contribution in [3.05, 3.63) is 74.7 Å². The second-order valence-electron chi connectivity index (χ2n) is 6.36. The fourth-order valence-corrected chi connectivity index (χ4v) is 5.03. The number of hydrogen-bond donors (Lipinski definition) is 0. The number of nitrogens with zero attached hydrogens (tertiary/aromatic N) is 3. The van der Waals surface area contributed by atoms with Crippen molar-refractivity contribution in [2.75, 3.05) is 6.54 Å². The van der Waals surface area contributed by atoms with E-state index in [1.807, 2.05) is 6.92 Å². The molecular formula is C20H19N3O5S2. The maximum atomic E-state index is 12.7. The second-order valence-corrected chi connectivity index (χ2v) is 8.97. The van der Waals surface area contributed by atoms with Crippen LogP contribution >= 0.6 is 11.8 Å². The molecular weight excluding hydrogens is 426 g/mol. The van der Waals surface area contributed by atoms with Crippen LogP contribution in [0.5, 0.6) is 0 Å². The van der Waals surface area contributed by atoms with Crippen molar-refractivity contribution in [3.8, 4) is 0 Å². The van der Waals surface area contributed by atoms with Gasteiger partial charge in [0.2, 0.25) is 0 Å². The summed E-state index contributed by atoms with van der Waals surface area (Å²) in [4.78, 5) is 24.7. The van der Waals surface area contributed by atoms with Gasteiger partial charge in [-0.1, -0.05) is 31.2 Å². The van der Waals surface area contributed by atoms with E-state index < -0.39 is 20.9 Å². The number of amidine groups is 1. The van der Waals surface area contributed by atoms with Gasteiger partial charge in [-0.25, -0.2) is 0 Å². The molecule has 10 heteroatoms. The van der Waals surface area contributed by atoms with E-state index in [0.29, 0.717) is 5.56 Å². The Balaban J connectivity index is 1.95. The number of carbonyl (C=O) groups is 1. The lowest BCUT2D eigenvalue weighted by molar-refractivity contribution is -0.384. The van der Waals surface area contributed by atoms with Crippen LogP contribution in [0.2, 0.25) is 0 Å². The summed E-state index contributed by atoms with van der Waals surface area (Å²) in [7, 11) is -3.99. The molecule has 0 atom stereocenters. The first-order chi connectivity index (χ1) is 14.2. The SMILES string of the molecule is CCc1ccc(S(=O)(=O)/N=C2/S/C(=C\c3cccc([N+](=O)[O-])c3)C(=O)N2CC)cc1. The molecule has 0 saturated carbocycles. The molecule has 3 rings (SSSR count). The molecule has 1 aliphatic heterocycles. The number of nitro groups is 1. The summed E-state index contributed by atoms with van der Waals surface area (Å²) >= 11 is 0.928. The fourth-order valence-electron chi connectivity index (χ4n) is 2.79. The summed E-state index contributed by atoms with van der Waals surface area (Å²) < 4.78 is 29.3. The van der Waals surface area contributed by atoms with Crippen LogP contribution in [0.1, 0.15) is 25.0 Å². The monoisotopic (exact) mass is 445 g/mol. The highest BCUT2D eigenvalue weighted by Crippen LogP contribution is 2.34. The Morgan fingerprint density at radius 1 is 1.17 bits per heavy atom. The number of thioether (sulfide) groups is 1. The predicted octanol–water partition coefficient (Wildman–Crippen LogP) is 3.84. The van der Waals surface area contributed by atoms with Crippen LogP contribution in [0.4, 0.5) is 5.69 Å². The van der Waals surface area contributed by atoms with Crippen LogP contribution in [0, 0.1) is 10.1 Å². The van der Waals surface area contributed by atoms with E-state index in [2.05, 4.69) is 4.40 Å². The van der Waals surface area contributed by atoms with Crippen molar-refractivity contribution in [1.29, 1.82) is 0 Å². The van der Waals surface area contributed by atoms with Crippen LogP contribution in [0.25, 0.3) is 6.08 Å². The molecule has 30 heavy (non-hydrogen) atoms. The van der Waals surface area contributed by atoms with E-state index in [1.165, 1.54) is 41.3 Å². The van der Waals surface area contributed by atoms with Gasteiger partial charge in [0, 0.05) is 18.7 Å². The summed E-state index contributed by atoms with van der Waals surface area (Å²) in [6.07, 6.45) is 2.28. The van der Waals surface area contributed by atoms with E-state index in [1.54, 1.807) is 25.1 Å². The zero-order valence-corrected chi connectivity index (χ0v) is 17.9. The molecule has 0 unspecified atom stereocenters. The molecule has 0 N–H and O–H groups in total. The van der Waals surface area contributed by atoms with Crippen molar-refractivity contribution in [2.24, 2.45) is 4.40 Å². The Labute approximate surface area is 178 Å². The van der Waals surface area contributed by atoms with Gasteiger partial charge in [0.25, 0.3) is 21.6 Å². The van der Waals surface area contributed by atoms with Gasteiger partial charge in [0.1, 0.15) is 0 Å². The number of nitro benzene ring substituents is 1. The summed E-state index contributed by atoms with van der Waals surface area (Å²) in [5.74, 6) is -0.399. The fraction of sp³-hybridized carbons (Fsp3) is 0.200. The van der Waals surface area contributed by atoms with Crippen molar-refractivity contribution in [2.45, 2.75) is 25.2 Å². The maximum absolute atomic E-state index is 12.7. The summed E-state index contributed by atoms with van der Waals surface area (Å²) in [6, 6.07) is 12.3. The smallest absolute Gasteiger partial charge is 0.284 e. The molecule has 1 amide bonds. The minimum Gasteiger partial charge on any atom is -0.286 e. The van der Waals surface area contributed by atoms with Gasteiger partial charge in [-0.05, 0) is 54.4 Å². The highest BCUT2D eigenvalue weighted by molar-refractivity contribution is 8.19. The standard InChI is InChI=1S/C20H19N3O5S2/c1-3-14-8-10-17(11-9-14)30(27,28)21-20-22(4-2)19(24)18(29-20)13-15-6-5-7-16(12-15)23(25)26/h5-13H,3-4H2,1-2H3/b18-13-,21-20+. The summed E-state index contributed by atoms with van der Waals surface area (Å²) in [5, 5.41) is 11.0. The van der Waals surface area contributed by atoms with E-state index in [4.69, 9.17) is 0 Å². The van der Waals surface area contributed by atoms with Crippen molar-refractivity contribution < 1.29 is 18.1 Å². The van der Waals surface area contributed by atoms with Gasteiger partial charge >= 0.3 is 0 Å². The van der Waals surface area contributed by atoms with Crippen LogP contribution < -0.4 is 0 Å². The van der Waals surface area contributed by atoms with Crippen LogP contribution in [0.15, 0.2) is 62.7 Å². The number of aryl methyl sites for hydroxylation is 1. The first-order valence-electron chi connectivity index (χ1n) is 9.15. The first kappa shape index (κ1) is 21.7. The van der Waals surface area contributed by atoms with Gasteiger partial charge in [-0.15, -0.1) is 4.40 Å². The van der Waals surface area contributed by atoms with E-state index in [0.717, 1.165) is 23.7 Å². The van der Waals surface area contributed by atoms with Gasteiger partial charge in [-0.2, -0.15) is 8.42 Å². The average molecular weight is 446 g/mol. The largest absolute Gasteiger partial charge is 0.286 e.